The largest absolute Gasteiger partial charge is 0.466 e. The van der Waals surface area contributed by atoms with E-state index >= 15 is 0 Å². The summed E-state index contributed by atoms with van der Waals surface area (Å²) in [6, 6.07) is 0. The lowest BCUT2D eigenvalue weighted by atomic mass is 10.1. The molecule has 0 heterocycles. The van der Waals surface area contributed by atoms with Crippen molar-refractivity contribution < 1.29 is 19.1 Å². The quantitative estimate of drug-likeness (QED) is 0.208. The minimum absolute atomic E-state index is 0.131. The van der Waals surface area contributed by atoms with Crippen LogP contribution in [0, 0.1) is 0 Å². The molecule has 0 radical (unpaired) electrons. The average molecular weight is 371 g/mol. The molecular formula is C22H42O4. The molecule has 0 aliphatic rings. The first kappa shape index (κ1) is 24.9. The van der Waals surface area contributed by atoms with Crippen molar-refractivity contribution in [2.24, 2.45) is 0 Å². The summed E-state index contributed by atoms with van der Waals surface area (Å²) in [5.41, 5.74) is 0. The molecule has 0 aromatic heterocycles. The summed E-state index contributed by atoms with van der Waals surface area (Å²) in [7, 11) is 0. The minimum Gasteiger partial charge on any atom is -0.466 e. The van der Waals surface area contributed by atoms with Crippen molar-refractivity contribution in [3.8, 4) is 0 Å². The van der Waals surface area contributed by atoms with Crippen LogP contribution in [0.1, 0.15) is 117 Å². The second kappa shape index (κ2) is 18.7. The van der Waals surface area contributed by atoms with Crippen LogP contribution in [-0.2, 0) is 19.1 Å². The van der Waals surface area contributed by atoms with Crippen LogP contribution in [0.25, 0.3) is 0 Å². The Labute approximate surface area is 161 Å². The summed E-state index contributed by atoms with van der Waals surface area (Å²) >= 11 is 0. The predicted octanol–water partition coefficient (Wildman–Crippen LogP) is 6.35. The fourth-order valence-electron chi connectivity index (χ4n) is 2.85. The number of esters is 2. The number of carbonyl (C=O) groups is 2. The van der Waals surface area contributed by atoms with Crippen molar-refractivity contribution in [1.29, 1.82) is 0 Å². The SMILES string of the molecule is CCCCCCCCCC(=O)OC(C)CCOC(=O)CCCCCCC. The molecule has 0 aliphatic carbocycles. The lowest BCUT2D eigenvalue weighted by Gasteiger charge is -2.13. The number of carbonyl (C=O) groups excluding carboxylic acids is 2. The van der Waals surface area contributed by atoms with Crippen molar-refractivity contribution in [3.05, 3.63) is 0 Å². The number of unbranched alkanes of at least 4 members (excludes halogenated alkanes) is 10. The van der Waals surface area contributed by atoms with E-state index in [1.54, 1.807) is 0 Å². The second-order valence-corrected chi connectivity index (χ2v) is 7.35. The smallest absolute Gasteiger partial charge is 0.306 e. The molecule has 0 aromatic carbocycles. The van der Waals surface area contributed by atoms with Gasteiger partial charge in [-0.2, -0.15) is 0 Å². The first-order valence-corrected chi connectivity index (χ1v) is 10.9. The standard InChI is InChI=1S/C22H42O4/c1-4-6-8-10-11-13-15-17-22(24)26-20(3)18-19-25-21(23)16-14-12-9-7-5-2/h20H,4-19H2,1-3H3. The Balaban J connectivity index is 3.49. The Kier molecular flexibility index (Phi) is 18.0. The highest BCUT2D eigenvalue weighted by Gasteiger charge is 2.10. The van der Waals surface area contributed by atoms with Crippen LogP contribution in [-0.4, -0.2) is 24.6 Å². The van der Waals surface area contributed by atoms with E-state index in [0.29, 0.717) is 25.9 Å². The number of ether oxygens (including phenoxy) is 2. The van der Waals surface area contributed by atoms with E-state index < -0.39 is 0 Å². The first-order chi connectivity index (χ1) is 12.6. The Morgan fingerprint density at radius 2 is 1.15 bits per heavy atom. The Morgan fingerprint density at radius 1 is 0.692 bits per heavy atom. The van der Waals surface area contributed by atoms with Crippen molar-refractivity contribution in [2.45, 2.75) is 123 Å². The van der Waals surface area contributed by atoms with Crippen LogP contribution >= 0.6 is 0 Å². The molecule has 154 valence electrons. The number of rotatable bonds is 18. The summed E-state index contributed by atoms with van der Waals surface area (Å²) in [5, 5.41) is 0. The number of hydrogen-bond donors (Lipinski definition) is 0. The maximum Gasteiger partial charge on any atom is 0.306 e. The molecular weight excluding hydrogens is 328 g/mol. The highest BCUT2D eigenvalue weighted by atomic mass is 16.6. The van der Waals surface area contributed by atoms with Crippen molar-refractivity contribution in [3.63, 3.8) is 0 Å². The van der Waals surface area contributed by atoms with Gasteiger partial charge in [-0.25, -0.2) is 0 Å². The third-order valence-electron chi connectivity index (χ3n) is 4.59. The van der Waals surface area contributed by atoms with Gasteiger partial charge in [-0.05, 0) is 19.8 Å². The predicted molar refractivity (Wildman–Crippen MR) is 107 cm³/mol. The van der Waals surface area contributed by atoms with Crippen molar-refractivity contribution >= 4 is 11.9 Å². The van der Waals surface area contributed by atoms with Crippen LogP contribution in [0.3, 0.4) is 0 Å². The van der Waals surface area contributed by atoms with Gasteiger partial charge in [0.05, 0.1) is 6.61 Å². The fraction of sp³-hybridized carbons (Fsp3) is 0.909. The summed E-state index contributed by atoms with van der Waals surface area (Å²) in [6.45, 7) is 6.59. The molecule has 0 spiro atoms. The zero-order valence-electron chi connectivity index (χ0n) is 17.5. The van der Waals surface area contributed by atoms with Gasteiger partial charge < -0.3 is 9.47 Å². The molecule has 0 amide bonds. The normalized spacial score (nSPS) is 12.0. The highest BCUT2D eigenvalue weighted by molar-refractivity contribution is 5.69. The van der Waals surface area contributed by atoms with Crippen LogP contribution < -0.4 is 0 Å². The molecule has 1 unspecified atom stereocenters. The summed E-state index contributed by atoms with van der Waals surface area (Å²) in [4.78, 5) is 23.4. The van der Waals surface area contributed by atoms with Gasteiger partial charge in [-0.3, -0.25) is 9.59 Å². The maximum atomic E-state index is 11.8. The monoisotopic (exact) mass is 370 g/mol. The first-order valence-electron chi connectivity index (χ1n) is 10.9. The van der Waals surface area contributed by atoms with Gasteiger partial charge >= 0.3 is 11.9 Å². The Morgan fingerprint density at radius 3 is 1.69 bits per heavy atom. The summed E-state index contributed by atoms with van der Waals surface area (Å²) in [5.74, 6) is -0.267. The van der Waals surface area contributed by atoms with E-state index in [1.165, 1.54) is 51.4 Å². The average Bonchev–Trinajstić information content (AvgIpc) is 2.60. The Hall–Kier alpha value is -1.06. The van der Waals surface area contributed by atoms with Gasteiger partial charge in [0.2, 0.25) is 0 Å². The van der Waals surface area contributed by atoms with Gasteiger partial charge in [-0.1, -0.05) is 78.1 Å². The van der Waals surface area contributed by atoms with Crippen molar-refractivity contribution in [2.75, 3.05) is 6.61 Å². The number of hydrogen-bond acceptors (Lipinski definition) is 4. The lowest BCUT2D eigenvalue weighted by molar-refractivity contribution is -0.150. The van der Waals surface area contributed by atoms with E-state index in [9.17, 15) is 9.59 Å². The Bertz CT molecular complexity index is 341. The van der Waals surface area contributed by atoms with Crippen LogP contribution in [0.15, 0.2) is 0 Å². The van der Waals surface area contributed by atoms with E-state index in [0.717, 1.165) is 25.7 Å². The molecule has 0 bridgehead atoms. The molecule has 4 heteroatoms. The van der Waals surface area contributed by atoms with E-state index in [1.807, 2.05) is 6.92 Å². The molecule has 26 heavy (non-hydrogen) atoms. The molecule has 0 aliphatic heterocycles. The third kappa shape index (κ3) is 17.8. The molecule has 0 fully saturated rings. The van der Waals surface area contributed by atoms with Crippen LogP contribution in [0.4, 0.5) is 0 Å². The van der Waals surface area contributed by atoms with E-state index in [4.69, 9.17) is 9.47 Å². The van der Waals surface area contributed by atoms with Crippen LogP contribution in [0.2, 0.25) is 0 Å². The maximum absolute atomic E-state index is 11.8. The molecule has 0 saturated carbocycles. The third-order valence-corrected chi connectivity index (χ3v) is 4.59. The van der Waals surface area contributed by atoms with Gasteiger partial charge in [0.25, 0.3) is 0 Å². The van der Waals surface area contributed by atoms with Crippen LogP contribution in [0.5, 0.6) is 0 Å². The molecule has 0 N–H and O–H groups in total. The topological polar surface area (TPSA) is 52.6 Å². The van der Waals surface area contributed by atoms with Gasteiger partial charge in [0, 0.05) is 19.3 Å². The molecule has 0 rings (SSSR count). The van der Waals surface area contributed by atoms with E-state index in [-0.39, 0.29) is 18.0 Å². The zero-order chi connectivity index (χ0) is 19.5. The molecule has 0 aromatic rings. The fourth-order valence-corrected chi connectivity index (χ4v) is 2.85. The van der Waals surface area contributed by atoms with Gasteiger partial charge in [0.1, 0.15) is 6.10 Å². The molecule has 1 atom stereocenters. The molecule has 0 saturated heterocycles. The van der Waals surface area contributed by atoms with Gasteiger partial charge in [0.15, 0.2) is 0 Å². The molecule has 4 nitrogen and oxygen atoms in total. The van der Waals surface area contributed by atoms with Gasteiger partial charge in [-0.15, -0.1) is 0 Å². The lowest BCUT2D eigenvalue weighted by Crippen LogP contribution is -2.18. The van der Waals surface area contributed by atoms with E-state index in [2.05, 4.69) is 13.8 Å². The second-order valence-electron chi connectivity index (χ2n) is 7.35. The summed E-state index contributed by atoms with van der Waals surface area (Å²) in [6.07, 6.45) is 15.4. The highest BCUT2D eigenvalue weighted by Crippen LogP contribution is 2.10. The minimum atomic E-state index is -0.190. The summed E-state index contributed by atoms with van der Waals surface area (Å²) < 4.78 is 10.6. The van der Waals surface area contributed by atoms with Crippen molar-refractivity contribution in [1.82, 2.24) is 0 Å². The zero-order valence-corrected chi connectivity index (χ0v) is 17.5.